The van der Waals surface area contributed by atoms with Gasteiger partial charge in [0.2, 0.25) is 0 Å². The van der Waals surface area contributed by atoms with Crippen molar-refractivity contribution in [2.24, 2.45) is 0 Å². The van der Waals surface area contributed by atoms with Crippen molar-refractivity contribution in [3.05, 3.63) is 41.8 Å². The van der Waals surface area contributed by atoms with Crippen LogP contribution in [0.25, 0.3) is 0 Å². The molecular formula is C9H8F3-. The summed E-state index contributed by atoms with van der Waals surface area (Å²) in [4.78, 5) is 0. The molecule has 66 valence electrons. The summed E-state index contributed by atoms with van der Waals surface area (Å²) < 4.78 is 36.3. The molecule has 1 rings (SSSR count). The number of benzene rings is 1. The van der Waals surface area contributed by atoms with Crippen LogP contribution in [0.5, 0.6) is 0 Å². The molecule has 1 aromatic rings. The molecule has 0 fully saturated rings. The van der Waals surface area contributed by atoms with E-state index in [4.69, 9.17) is 0 Å². The van der Waals surface area contributed by atoms with Gasteiger partial charge >= 0.3 is 6.18 Å². The third kappa shape index (κ3) is 1.94. The molecule has 0 bridgehead atoms. The molecule has 0 aliphatic rings. The average molecular weight is 173 g/mol. The molecule has 0 N–H and O–H groups in total. The van der Waals surface area contributed by atoms with Gasteiger partial charge in [0.05, 0.1) is 0 Å². The Morgan fingerprint density at radius 2 is 1.92 bits per heavy atom. The third-order valence-corrected chi connectivity index (χ3v) is 1.55. The number of hydrogen-bond acceptors (Lipinski definition) is 0. The lowest BCUT2D eigenvalue weighted by Gasteiger charge is -2.12. The van der Waals surface area contributed by atoms with E-state index >= 15 is 0 Å². The van der Waals surface area contributed by atoms with E-state index in [0.29, 0.717) is 5.56 Å². The maximum Gasteiger partial charge on any atom is 0.405 e. The summed E-state index contributed by atoms with van der Waals surface area (Å²) in [6.45, 7) is 1.70. The molecule has 1 aromatic carbocycles. The molecule has 0 radical (unpaired) electrons. The summed E-state index contributed by atoms with van der Waals surface area (Å²) in [5.74, 6) is 0. The standard InChI is InChI=1S/C9H8F3/c1-2-7-4-3-5-8(6-7)9(10,11)12/h2-6H,1H3/q-1. The van der Waals surface area contributed by atoms with Crippen LogP contribution < -0.4 is 0 Å². The number of rotatable bonds is 1. The topological polar surface area (TPSA) is 0 Å². The van der Waals surface area contributed by atoms with Crippen molar-refractivity contribution in [3.63, 3.8) is 0 Å². The van der Waals surface area contributed by atoms with Gasteiger partial charge in [0.1, 0.15) is 0 Å². The molecule has 0 spiro atoms. The van der Waals surface area contributed by atoms with Gasteiger partial charge in [-0.15, -0.1) is 6.07 Å². The van der Waals surface area contributed by atoms with Crippen molar-refractivity contribution < 1.29 is 13.2 Å². The summed E-state index contributed by atoms with van der Waals surface area (Å²) in [5, 5.41) is 0. The van der Waals surface area contributed by atoms with E-state index in [9.17, 15) is 13.2 Å². The van der Waals surface area contributed by atoms with E-state index in [0.717, 1.165) is 12.1 Å². The maximum absolute atomic E-state index is 12.1. The van der Waals surface area contributed by atoms with E-state index < -0.39 is 11.7 Å². The third-order valence-electron chi connectivity index (χ3n) is 1.55. The quantitative estimate of drug-likeness (QED) is 0.571. The zero-order chi connectivity index (χ0) is 9.19. The van der Waals surface area contributed by atoms with Gasteiger partial charge in [0, 0.05) is 0 Å². The van der Waals surface area contributed by atoms with Gasteiger partial charge in [-0.3, -0.25) is 0 Å². The molecule has 0 heterocycles. The van der Waals surface area contributed by atoms with Crippen LogP contribution in [-0.4, -0.2) is 0 Å². The first-order valence-electron chi connectivity index (χ1n) is 3.50. The van der Waals surface area contributed by atoms with Crippen molar-refractivity contribution in [2.45, 2.75) is 13.1 Å². The molecule has 0 aliphatic heterocycles. The van der Waals surface area contributed by atoms with Crippen LogP contribution in [0.1, 0.15) is 18.1 Å². The first kappa shape index (κ1) is 8.97. The Labute approximate surface area is 69.0 Å². The molecule has 0 nitrogen and oxygen atoms in total. The second-order valence-corrected chi connectivity index (χ2v) is 2.41. The molecule has 0 saturated carbocycles. The fraction of sp³-hybridized carbons (Fsp3) is 0.222. The summed E-state index contributed by atoms with van der Waals surface area (Å²) in [6.07, 6.45) is -2.60. The van der Waals surface area contributed by atoms with Crippen LogP contribution in [-0.2, 0) is 6.18 Å². The predicted octanol–water partition coefficient (Wildman–Crippen LogP) is 3.28. The van der Waals surface area contributed by atoms with Gasteiger partial charge in [-0.2, -0.15) is 37.3 Å². The highest BCUT2D eigenvalue weighted by molar-refractivity contribution is 5.29. The number of hydrogen-bond donors (Lipinski definition) is 0. The first-order valence-corrected chi connectivity index (χ1v) is 3.50. The Morgan fingerprint density at radius 1 is 1.25 bits per heavy atom. The Bertz CT molecular complexity index is 263. The van der Waals surface area contributed by atoms with Crippen LogP contribution in [0.2, 0.25) is 0 Å². The van der Waals surface area contributed by atoms with Gasteiger partial charge in [-0.1, -0.05) is 13.0 Å². The van der Waals surface area contributed by atoms with E-state index in [-0.39, 0.29) is 0 Å². The zero-order valence-corrected chi connectivity index (χ0v) is 6.52. The van der Waals surface area contributed by atoms with Gasteiger partial charge in [-0.05, 0) is 5.56 Å². The Balaban J connectivity index is 3.02. The fourth-order valence-electron chi connectivity index (χ4n) is 0.895. The highest BCUT2D eigenvalue weighted by atomic mass is 19.4. The monoisotopic (exact) mass is 173 g/mol. The van der Waals surface area contributed by atoms with Crippen LogP contribution in [0.4, 0.5) is 13.2 Å². The number of halogens is 3. The average Bonchev–Trinajstić information content (AvgIpc) is 2.03. The van der Waals surface area contributed by atoms with E-state index in [1.807, 2.05) is 0 Å². The Morgan fingerprint density at radius 3 is 2.42 bits per heavy atom. The molecule has 0 aliphatic carbocycles. The minimum absolute atomic E-state index is 0.588. The highest BCUT2D eigenvalue weighted by Gasteiger charge is 2.27. The molecule has 0 unspecified atom stereocenters. The van der Waals surface area contributed by atoms with Crippen LogP contribution in [0.15, 0.2) is 24.3 Å². The van der Waals surface area contributed by atoms with E-state index in [1.54, 1.807) is 19.4 Å². The Kier molecular flexibility index (Phi) is 2.31. The van der Waals surface area contributed by atoms with Crippen molar-refractivity contribution >= 4 is 0 Å². The molecule has 0 saturated heterocycles. The second kappa shape index (κ2) is 3.09. The van der Waals surface area contributed by atoms with Crippen molar-refractivity contribution in [1.29, 1.82) is 0 Å². The van der Waals surface area contributed by atoms with Crippen LogP contribution >= 0.6 is 0 Å². The van der Waals surface area contributed by atoms with Crippen molar-refractivity contribution in [2.75, 3.05) is 0 Å². The van der Waals surface area contributed by atoms with Crippen molar-refractivity contribution in [3.8, 4) is 0 Å². The molecule has 0 atom stereocenters. The van der Waals surface area contributed by atoms with Gasteiger partial charge < -0.3 is 0 Å². The summed E-state index contributed by atoms with van der Waals surface area (Å²) in [5.41, 5.74) is -0.0112. The minimum Gasteiger partial charge on any atom is -0.192 e. The lowest BCUT2D eigenvalue weighted by atomic mass is 10.1. The molecule has 3 heteroatoms. The molecule has 0 amide bonds. The first-order chi connectivity index (χ1) is 5.54. The van der Waals surface area contributed by atoms with Crippen molar-refractivity contribution in [1.82, 2.24) is 0 Å². The van der Waals surface area contributed by atoms with Gasteiger partial charge in [0.25, 0.3) is 0 Å². The highest BCUT2D eigenvalue weighted by Crippen LogP contribution is 2.29. The molecule has 0 aromatic heterocycles. The summed E-state index contributed by atoms with van der Waals surface area (Å²) in [6, 6.07) is 5.22. The van der Waals surface area contributed by atoms with Crippen LogP contribution in [0.3, 0.4) is 0 Å². The Hall–Kier alpha value is -1.12. The summed E-state index contributed by atoms with van der Waals surface area (Å²) in [7, 11) is 0. The maximum atomic E-state index is 12.1. The zero-order valence-electron chi connectivity index (χ0n) is 6.52. The molecular weight excluding hydrogens is 165 g/mol. The van der Waals surface area contributed by atoms with Gasteiger partial charge in [-0.25, -0.2) is 0 Å². The lowest BCUT2D eigenvalue weighted by molar-refractivity contribution is -0.137. The predicted molar refractivity (Wildman–Crippen MR) is 40.5 cm³/mol. The van der Waals surface area contributed by atoms with Crippen LogP contribution in [0, 0.1) is 6.42 Å². The minimum atomic E-state index is -4.24. The SMILES string of the molecule is C[CH-]c1cccc(C(F)(F)F)c1. The second-order valence-electron chi connectivity index (χ2n) is 2.41. The molecule has 12 heavy (non-hydrogen) atoms. The fourth-order valence-corrected chi connectivity index (χ4v) is 0.895. The normalized spacial score (nSPS) is 11.3. The van der Waals surface area contributed by atoms with E-state index in [1.165, 1.54) is 6.07 Å². The number of alkyl halides is 3. The lowest BCUT2D eigenvalue weighted by Crippen LogP contribution is -2.04. The smallest absolute Gasteiger partial charge is 0.192 e. The largest absolute Gasteiger partial charge is 0.405 e. The van der Waals surface area contributed by atoms with Gasteiger partial charge in [0.15, 0.2) is 0 Å². The van der Waals surface area contributed by atoms with E-state index in [2.05, 4.69) is 0 Å². The summed E-state index contributed by atoms with van der Waals surface area (Å²) >= 11 is 0.